The van der Waals surface area contributed by atoms with E-state index in [1.165, 1.54) is 12.8 Å². The number of aromatic nitrogens is 2. The lowest BCUT2D eigenvalue weighted by atomic mass is 9.73. The standard InChI is InChI=1S/C14H25N3OS/c1-14(2)7-4-10(5-8-14)12-16-13(18-17-12)11(15)6-9-19-3/h10-11H,4-9,15H2,1-3H3. The molecule has 1 atom stereocenters. The molecule has 0 spiro atoms. The Morgan fingerprint density at radius 3 is 2.74 bits per heavy atom. The van der Waals surface area contributed by atoms with Gasteiger partial charge in [0.1, 0.15) is 0 Å². The summed E-state index contributed by atoms with van der Waals surface area (Å²) in [6, 6.07) is -0.117. The summed E-state index contributed by atoms with van der Waals surface area (Å²) in [6.07, 6.45) is 7.76. The Balaban J connectivity index is 1.94. The summed E-state index contributed by atoms with van der Waals surface area (Å²) in [7, 11) is 0. The first-order valence-electron chi connectivity index (χ1n) is 7.10. The summed E-state index contributed by atoms with van der Waals surface area (Å²) in [6.45, 7) is 4.67. The minimum atomic E-state index is -0.117. The monoisotopic (exact) mass is 283 g/mol. The minimum Gasteiger partial charge on any atom is -0.338 e. The molecule has 1 aromatic heterocycles. The fourth-order valence-corrected chi connectivity index (χ4v) is 3.08. The van der Waals surface area contributed by atoms with Crippen molar-refractivity contribution in [3.8, 4) is 0 Å². The minimum absolute atomic E-state index is 0.117. The predicted molar refractivity (Wildman–Crippen MR) is 79.2 cm³/mol. The highest BCUT2D eigenvalue weighted by molar-refractivity contribution is 7.98. The van der Waals surface area contributed by atoms with Crippen LogP contribution in [0.3, 0.4) is 0 Å². The molecule has 0 saturated heterocycles. The molecule has 108 valence electrons. The molecule has 2 N–H and O–H groups in total. The van der Waals surface area contributed by atoms with Crippen molar-refractivity contribution in [3.05, 3.63) is 11.7 Å². The van der Waals surface area contributed by atoms with Crippen molar-refractivity contribution in [3.63, 3.8) is 0 Å². The topological polar surface area (TPSA) is 64.9 Å². The molecule has 0 aliphatic heterocycles. The molecular weight excluding hydrogens is 258 g/mol. The Bertz CT molecular complexity index is 395. The van der Waals surface area contributed by atoms with Crippen molar-refractivity contribution in [2.75, 3.05) is 12.0 Å². The Labute approximate surface area is 119 Å². The normalized spacial score (nSPS) is 21.5. The van der Waals surface area contributed by atoms with Crippen molar-refractivity contribution >= 4 is 11.8 Å². The Hall–Kier alpha value is -0.550. The summed E-state index contributed by atoms with van der Waals surface area (Å²) >= 11 is 1.79. The van der Waals surface area contributed by atoms with Gasteiger partial charge in [-0.05, 0) is 49.5 Å². The molecular formula is C14H25N3OS. The number of nitrogens with zero attached hydrogens (tertiary/aromatic N) is 2. The first-order chi connectivity index (χ1) is 9.02. The zero-order valence-corrected chi connectivity index (χ0v) is 13.0. The average molecular weight is 283 g/mol. The highest BCUT2D eigenvalue weighted by Gasteiger charge is 2.30. The van der Waals surface area contributed by atoms with Gasteiger partial charge in [-0.2, -0.15) is 16.7 Å². The van der Waals surface area contributed by atoms with Crippen molar-refractivity contribution in [1.29, 1.82) is 0 Å². The zero-order chi connectivity index (χ0) is 13.9. The number of nitrogens with two attached hydrogens (primary N) is 1. The SMILES string of the molecule is CSCCC(N)c1nc(C2CCC(C)(C)CC2)no1. The second kappa shape index (κ2) is 6.27. The van der Waals surface area contributed by atoms with Crippen LogP contribution in [0, 0.1) is 5.41 Å². The molecule has 0 radical (unpaired) electrons. The number of hydrogen-bond acceptors (Lipinski definition) is 5. The number of hydrogen-bond donors (Lipinski definition) is 1. The molecule has 2 rings (SSSR count). The van der Waals surface area contributed by atoms with Gasteiger partial charge in [-0.25, -0.2) is 0 Å². The van der Waals surface area contributed by atoms with E-state index >= 15 is 0 Å². The predicted octanol–water partition coefficient (Wildman–Crippen LogP) is 3.51. The van der Waals surface area contributed by atoms with Crippen LogP contribution in [0.2, 0.25) is 0 Å². The van der Waals surface area contributed by atoms with Crippen molar-refractivity contribution in [1.82, 2.24) is 10.1 Å². The highest BCUT2D eigenvalue weighted by atomic mass is 32.2. The maximum atomic E-state index is 6.06. The van der Waals surface area contributed by atoms with Crippen LogP contribution in [0.1, 0.15) is 69.6 Å². The largest absolute Gasteiger partial charge is 0.338 e. The molecule has 0 aromatic carbocycles. The maximum absolute atomic E-state index is 6.06. The van der Waals surface area contributed by atoms with Gasteiger partial charge in [0.05, 0.1) is 6.04 Å². The molecule has 0 bridgehead atoms. The van der Waals surface area contributed by atoms with Crippen molar-refractivity contribution in [2.24, 2.45) is 11.1 Å². The van der Waals surface area contributed by atoms with Crippen LogP contribution in [0.15, 0.2) is 4.52 Å². The zero-order valence-electron chi connectivity index (χ0n) is 12.2. The van der Waals surface area contributed by atoms with Crippen molar-refractivity contribution in [2.45, 2.75) is 57.9 Å². The van der Waals surface area contributed by atoms with Gasteiger partial charge < -0.3 is 10.3 Å². The van der Waals surface area contributed by atoms with Crippen LogP contribution in [0.25, 0.3) is 0 Å². The van der Waals surface area contributed by atoms with E-state index in [0.717, 1.165) is 30.8 Å². The molecule has 4 nitrogen and oxygen atoms in total. The van der Waals surface area contributed by atoms with Gasteiger partial charge in [-0.3, -0.25) is 0 Å². The lowest BCUT2D eigenvalue weighted by molar-refractivity contribution is 0.218. The molecule has 1 aliphatic rings. The summed E-state index contributed by atoms with van der Waals surface area (Å²) in [5, 5.41) is 4.14. The van der Waals surface area contributed by atoms with Crippen LogP contribution in [0.4, 0.5) is 0 Å². The van der Waals surface area contributed by atoms with E-state index in [9.17, 15) is 0 Å². The van der Waals surface area contributed by atoms with E-state index < -0.39 is 0 Å². The van der Waals surface area contributed by atoms with Gasteiger partial charge >= 0.3 is 0 Å². The van der Waals surface area contributed by atoms with Gasteiger partial charge in [0.25, 0.3) is 0 Å². The number of rotatable bonds is 5. The molecule has 1 heterocycles. The van der Waals surface area contributed by atoms with E-state index in [0.29, 0.717) is 17.2 Å². The van der Waals surface area contributed by atoms with Gasteiger partial charge in [-0.15, -0.1) is 0 Å². The van der Waals surface area contributed by atoms with E-state index in [4.69, 9.17) is 10.3 Å². The van der Waals surface area contributed by atoms with Gasteiger partial charge in [0, 0.05) is 5.92 Å². The summed E-state index contributed by atoms with van der Waals surface area (Å²) in [4.78, 5) is 4.52. The first-order valence-corrected chi connectivity index (χ1v) is 8.49. The lowest BCUT2D eigenvalue weighted by Gasteiger charge is -2.32. The third kappa shape index (κ3) is 3.96. The molecule has 1 aliphatic carbocycles. The lowest BCUT2D eigenvalue weighted by Crippen LogP contribution is -2.21. The third-order valence-electron chi connectivity index (χ3n) is 4.11. The van der Waals surface area contributed by atoms with Gasteiger partial charge in [-0.1, -0.05) is 19.0 Å². The summed E-state index contributed by atoms with van der Waals surface area (Å²) in [5.41, 5.74) is 6.53. The Kier molecular flexibility index (Phi) is 4.90. The quantitative estimate of drug-likeness (QED) is 0.896. The van der Waals surface area contributed by atoms with E-state index in [1.807, 2.05) is 0 Å². The molecule has 1 saturated carbocycles. The third-order valence-corrected chi connectivity index (χ3v) is 4.76. The van der Waals surface area contributed by atoms with Crippen LogP contribution < -0.4 is 5.73 Å². The molecule has 5 heteroatoms. The molecule has 1 unspecified atom stereocenters. The Morgan fingerprint density at radius 2 is 2.11 bits per heavy atom. The second-order valence-corrected chi connectivity index (χ2v) is 7.30. The number of thioether (sulfide) groups is 1. The molecule has 0 amide bonds. The van der Waals surface area contributed by atoms with E-state index in [-0.39, 0.29) is 6.04 Å². The van der Waals surface area contributed by atoms with E-state index in [2.05, 4.69) is 30.2 Å². The average Bonchev–Trinajstić information content (AvgIpc) is 2.85. The highest BCUT2D eigenvalue weighted by Crippen LogP contribution is 2.41. The fourth-order valence-electron chi connectivity index (χ4n) is 2.59. The van der Waals surface area contributed by atoms with Crippen LogP contribution >= 0.6 is 11.8 Å². The molecule has 1 fully saturated rings. The van der Waals surface area contributed by atoms with Crippen LogP contribution in [-0.4, -0.2) is 22.1 Å². The smallest absolute Gasteiger partial charge is 0.243 e. The van der Waals surface area contributed by atoms with Gasteiger partial charge in [0.15, 0.2) is 5.82 Å². The van der Waals surface area contributed by atoms with E-state index in [1.54, 1.807) is 11.8 Å². The van der Waals surface area contributed by atoms with Gasteiger partial charge in [0.2, 0.25) is 5.89 Å². The maximum Gasteiger partial charge on any atom is 0.243 e. The second-order valence-electron chi connectivity index (χ2n) is 6.32. The molecule has 19 heavy (non-hydrogen) atoms. The molecule has 1 aromatic rings. The summed E-state index contributed by atoms with van der Waals surface area (Å²) in [5.74, 6) is 2.95. The fraction of sp³-hybridized carbons (Fsp3) is 0.857. The van der Waals surface area contributed by atoms with Crippen molar-refractivity contribution < 1.29 is 4.52 Å². The van der Waals surface area contributed by atoms with Crippen LogP contribution in [0.5, 0.6) is 0 Å². The Morgan fingerprint density at radius 1 is 1.42 bits per heavy atom. The summed E-state index contributed by atoms with van der Waals surface area (Å²) < 4.78 is 5.33. The van der Waals surface area contributed by atoms with Crippen LogP contribution in [-0.2, 0) is 0 Å². The first kappa shape index (κ1) is 14.9.